The molecule has 0 aliphatic heterocycles. The maximum atomic E-state index is 13.3. The van der Waals surface area contributed by atoms with Crippen LogP contribution in [0.2, 0.25) is 0 Å². The van der Waals surface area contributed by atoms with Crippen LogP contribution >= 0.6 is 0 Å². The van der Waals surface area contributed by atoms with Crippen molar-refractivity contribution in [3.05, 3.63) is 48.6 Å². The molecular formula is C46H71F9O14. The molecule has 0 amide bonds. The van der Waals surface area contributed by atoms with Gasteiger partial charge >= 0.3 is 60.3 Å². The molecule has 0 heterocycles. The third kappa shape index (κ3) is 33.7. The summed E-state index contributed by atoms with van der Waals surface area (Å²) in [4.78, 5) is 83.7. The van der Waals surface area contributed by atoms with Gasteiger partial charge in [0.2, 0.25) is 0 Å². The molecule has 1 unspecified atom stereocenters. The lowest BCUT2D eigenvalue weighted by atomic mass is 9.72. The topological polar surface area (TPSA) is 184 Å². The quantitative estimate of drug-likeness (QED) is 0.0432. The molecule has 0 rings (SSSR count). The van der Waals surface area contributed by atoms with Crippen molar-refractivity contribution in [3.8, 4) is 0 Å². The van der Waals surface area contributed by atoms with E-state index in [-0.39, 0.29) is 42.6 Å². The van der Waals surface area contributed by atoms with E-state index in [2.05, 4.69) is 40.5 Å². The number of hydrogen-bond acceptors (Lipinski definition) is 14. The van der Waals surface area contributed by atoms with Gasteiger partial charge in [-0.15, -0.1) is 0 Å². The zero-order chi connectivity index (χ0) is 54.9. The Morgan fingerprint density at radius 2 is 0.623 bits per heavy atom. The highest BCUT2D eigenvalue weighted by molar-refractivity contribution is 5.88. The Morgan fingerprint density at radius 1 is 0.391 bits per heavy atom. The van der Waals surface area contributed by atoms with Crippen LogP contribution in [0.15, 0.2) is 48.6 Å². The van der Waals surface area contributed by atoms with Gasteiger partial charge in [-0.05, 0) is 81.6 Å². The second-order valence-corrected chi connectivity index (χ2v) is 16.7. The summed E-state index contributed by atoms with van der Waals surface area (Å²) in [6.45, 7) is 26.5. The lowest BCUT2D eigenvalue weighted by Crippen LogP contribution is -2.46. The molecule has 0 saturated carbocycles. The van der Waals surface area contributed by atoms with Crippen molar-refractivity contribution in [3.63, 3.8) is 0 Å². The van der Waals surface area contributed by atoms with Gasteiger partial charge in [-0.25, -0.2) is 19.2 Å². The first kappa shape index (κ1) is 72.6. The molecule has 0 N–H and O–H groups in total. The molecule has 1 atom stereocenters. The number of ether oxygens (including phenoxy) is 7. The van der Waals surface area contributed by atoms with Gasteiger partial charge in [0.25, 0.3) is 0 Å². The van der Waals surface area contributed by atoms with Crippen LogP contribution in [0, 0.1) is 21.7 Å². The lowest BCUT2D eigenvalue weighted by Gasteiger charge is -2.36. The summed E-state index contributed by atoms with van der Waals surface area (Å²) >= 11 is 0. The van der Waals surface area contributed by atoms with Gasteiger partial charge < -0.3 is 33.2 Å². The molecule has 69 heavy (non-hydrogen) atoms. The largest absolute Gasteiger partial charge is 0.464 e. The van der Waals surface area contributed by atoms with Gasteiger partial charge in [0.15, 0.2) is 19.8 Å². The average molecular weight is 1020 g/mol. The smallest absolute Gasteiger partial charge is 0.422 e. The first-order valence-electron chi connectivity index (χ1n) is 20.5. The Hall–Kier alpha value is -5.38. The molecule has 0 saturated heterocycles. The van der Waals surface area contributed by atoms with E-state index >= 15 is 0 Å². The molecule has 0 aliphatic rings. The second kappa shape index (κ2) is 31.7. The predicted molar refractivity (Wildman–Crippen MR) is 236 cm³/mol. The van der Waals surface area contributed by atoms with Gasteiger partial charge in [-0.1, -0.05) is 61.4 Å². The van der Waals surface area contributed by atoms with Crippen LogP contribution in [0.1, 0.15) is 117 Å². The van der Waals surface area contributed by atoms with Crippen LogP contribution in [-0.4, -0.2) is 107 Å². The van der Waals surface area contributed by atoms with E-state index in [1.165, 1.54) is 48.5 Å². The minimum Gasteiger partial charge on any atom is -0.464 e. The van der Waals surface area contributed by atoms with E-state index in [0.29, 0.717) is 6.42 Å². The fraction of sp³-hybridized carbons (Fsp3) is 0.674. The van der Waals surface area contributed by atoms with Crippen LogP contribution in [-0.2, 0) is 66.7 Å². The molecule has 402 valence electrons. The standard InChI is InChI=1S/C29H41F3O10.C8H13F3O2.C6H7F3O2.C2H6.CH4/c1-11-27(10,25(37)42-17-29(30,31)32)12-26(8,9)24(36)41-16-28(13-38-21(33)18(2)3,14-39-22(34)19(4)5)15-40-23(35)20(6)7;1-4-7(2,3)6(12)13-5-8(9,10)11;1-4(2)5(10)11-3-6(7,8)9;1-2;/h2,4,6,11-17H2,1,3,5,7-10H3;4-5H2,1-3H3;1,3H2,2H3;1-2H3;1H4. The van der Waals surface area contributed by atoms with Crippen LogP contribution in [0.5, 0.6) is 0 Å². The molecule has 0 fully saturated rings. The number of carbonyl (C=O) groups is 7. The number of hydrogen-bond donors (Lipinski definition) is 0. The summed E-state index contributed by atoms with van der Waals surface area (Å²) in [5.74, 6) is -6.32. The van der Waals surface area contributed by atoms with Gasteiger partial charge in [0.05, 0.1) is 16.2 Å². The average Bonchev–Trinajstić information content (AvgIpc) is 3.22. The van der Waals surface area contributed by atoms with Crippen LogP contribution in [0.25, 0.3) is 0 Å². The molecule has 0 aliphatic carbocycles. The number of esters is 7. The van der Waals surface area contributed by atoms with Crippen LogP contribution < -0.4 is 0 Å². The fourth-order valence-corrected chi connectivity index (χ4v) is 4.16. The Balaban J connectivity index is -0.000000410. The Labute approximate surface area is 399 Å². The summed E-state index contributed by atoms with van der Waals surface area (Å²) in [5.41, 5.74) is -5.29. The number of rotatable bonds is 22. The van der Waals surface area contributed by atoms with Crippen molar-refractivity contribution in [2.24, 2.45) is 21.7 Å². The van der Waals surface area contributed by atoms with E-state index < -0.39 is 128 Å². The summed E-state index contributed by atoms with van der Waals surface area (Å²) in [7, 11) is 0. The van der Waals surface area contributed by atoms with E-state index in [4.69, 9.17) is 18.9 Å². The molecule has 0 bridgehead atoms. The Morgan fingerprint density at radius 3 is 0.884 bits per heavy atom. The minimum absolute atomic E-state index is 0. The van der Waals surface area contributed by atoms with Gasteiger partial charge in [-0.3, -0.25) is 14.4 Å². The van der Waals surface area contributed by atoms with Crippen molar-refractivity contribution in [1.29, 1.82) is 0 Å². The van der Waals surface area contributed by atoms with Crippen LogP contribution in [0.3, 0.4) is 0 Å². The van der Waals surface area contributed by atoms with E-state index in [1.54, 1.807) is 27.7 Å². The van der Waals surface area contributed by atoms with E-state index in [9.17, 15) is 73.1 Å². The fourth-order valence-electron chi connectivity index (χ4n) is 4.16. The third-order valence-corrected chi connectivity index (χ3v) is 8.63. The zero-order valence-corrected chi connectivity index (χ0v) is 41.0. The zero-order valence-electron chi connectivity index (χ0n) is 41.0. The van der Waals surface area contributed by atoms with Gasteiger partial charge in [-0.2, -0.15) is 39.5 Å². The molecule has 23 heteroatoms. The predicted octanol–water partition coefficient (Wildman–Crippen LogP) is 10.7. The highest BCUT2D eigenvalue weighted by Crippen LogP contribution is 2.39. The first-order valence-corrected chi connectivity index (χ1v) is 20.5. The first-order chi connectivity index (χ1) is 30.5. The lowest BCUT2D eigenvalue weighted by molar-refractivity contribution is -0.195. The third-order valence-electron chi connectivity index (χ3n) is 8.63. The molecular weight excluding hydrogens is 947 g/mol. The molecule has 14 nitrogen and oxygen atoms in total. The van der Waals surface area contributed by atoms with Crippen molar-refractivity contribution >= 4 is 41.8 Å². The van der Waals surface area contributed by atoms with E-state index in [0.717, 1.165) is 0 Å². The summed E-state index contributed by atoms with van der Waals surface area (Å²) in [5, 5.41) is 0. The monoisotopic (exact) mass is 1020 g/mol. The summed E-state index contributed by atoms with van der Waals surface area (Å²) in [6.07, 6.45) is -13.4. The van der Waals surface area contributed by atoms with Gasteiger partial charge in [0, 0.05) is 22.3 Å². The molecule has 0 aromatic rings. The summed E-state index contributed by atoms with van der Waals surface area (Å²) in [6, 6.07) is 0. The van der Waals surface area contributed by atoms with E-state index in [1.807, 2.05) is 13.8 Å². The van der Waals surface area contributed by atoms with Crippen molar-refractivity contribution < 1.29 is 106 Å². The van der Waals surface area contributed by atoms with Crippen LogP contribution in [0.4, 0.5) is 39.5 Å². The van der Waals surface area contributed by atoms with Crippen molar-refractivity contribution in [1.82, 2.24) is 0 Å². The Kier molecular flexibility index (Phi) is 33.3. The summed E-state index contributed by atoms with van der Waals surface area (Å²) < 4.78 is 140. The molecule has 0 aromatic carbocycles. The normalized spacial score (nSPS) is 12.3. The van der Waals surface area contributed by atoms with Crippen molar-refractivity contribution in [2.45, 2.75) is 135 Å². The number of alkyl halides is 9. The molecule has 0 spiro atoms. The minimum atomic E-state index is -4.73. The van der Waals surface area contributed by atoms with Gasteiger partial charge in [0.1, 0.15) is 31.8 Å². The molecule has 0 radical (unpaired) electrons. The highest BCUT2D eigenvalue weighted by Gasteiger charge is 2.46. The maximum absolute atomic E-state index is 13.3. The highest BCUT2D eigenvalue weighted by atomic mass is 19.4. The SMILES string of the molecule is C.C=C(C)C(=O)OCC(COC(=O)C(=C)C)(COC(=O)C(=C)C)COC(=O)C(C)(C)CC(C)(CC)C(=O)OCC(F)(F)F.C=C(C)C(=O)OCC(F)(F)F.CC.CCC(C)(C)C(=O)OCC(F)(F)F. The van der Waals surface area contributed by atoms with Crippen molar-refractivity contribution in [2.75, 3.05) is 46.2 Å². The second-order valence-electron chi connectivity index (χ2n) is 16.7. The number of halogens is 9. The molecule has 0 aromatic heterocycles. The number of carbonyl (C=O) groups excluding carboxylic acids is 7. The Bertz CT molecular complexity index is 1670. The maximum Gasteiger partial charge on any atom is 0.422 e.